The molecule has 0 aromatic rings. The molecule has 0 aromatic heterocycles. The van der Waals surface area contributed by atoms with Crippen molar-refractivity contribution in [3.8, 4) is 0 Å². The van der Waals surface area contributed by atoms with E-state index in [4.69, 9.17) is 0 Å². The lowest BCUT2D eigenvalue weighted by Gasteiger charge is -2.18. The van der Waals surface area contributed by atoms with E-state index in [1.54, 1.807) is 20.8 Å². The molecule has 0 aliphatic rings. The molecule has 0 rings (SSSR count). The summed E-state index contributed by atoms with van der Waals surface area (Å²) in [4.78, 5) is 0. The Morgan fingerprint density at radius 3 is 2.12 bits per heavy atom. The van der Waals surface area contributed by atoms with Gasteiger partial charge in [-0.1, -0.05) is 13.8 Å². The topological polar surface area (TPSA) is 46.2 Å². The summed E-state index contributed by atoms with van der Waals surface area (Å²) in [5.74, 6) is 0.957. The van der Waals surface area contributed by atoms with Gasteiger partial charge in [-0.25, -0.2) is 8.42 Å². The van der Waals surface area contributed by atoms with Crippen LogP contribution >= 0.6 is 0 Å². The predicted molar refractivity (Wildman–Crippen MR) is 70.5 cm³/mol. The summed E-state index contributed by atoms with van der Waals surface area (Å²) in [6.07, 6.45) is 1.69. The van der Waals surface area contributed by atoms with Crippen LogP contribution in [0.5, 0.6) is 0 Å². The van der Waals surface area contributed by atoms with Gasteiger partial charge in [0.25, 0.3) is 0 Å². The van der Waals surface area contributed by atoms with E-state index in [0.717, 1.165) is 25.9 Å². The zero-order valence-corrected chi connectivity index (χ0v) is 12.2. The average molecular weight is 249 g/mol. The second-order valence-corrected chi connectivity index (χ2v) is 8.60. The van der Waals surface area contributed by atoms with E-state index >= 15 is 0 Å². The van der Waals surface area contributed by atoms with Crippen LogP contribution in [0.1, 0.15) is 47.5 Å². The lowest BCUT2D eigenvalue weighted by atomic mass is 10.2. The van der Waals surface area contributed by atoms with Crippen LogP contribution in [-0.4, -0.2) is 32.0 Å². The first-order valence-electron chi connectivity index (χ1n) is 6.10. The maximum atomic E-state index is 11.8. The van der Waals surface area contributed by atoms with Gasteiger partial charge in [0.05, 0.1) is 10.5 Å². The van der Waals surface area contributed by atoms with E-state index in [1.165, 1.54) is 0 Å². The first-order chi connectivity index (χ1) is 7.17. The van der Waals surface area contributed by atoms with Crippen LogP contribution < -0.4 is 5.32 Å². The van der Waals surface area contributed by atoms with Crippen LogP contribution in [0.15, 0.2) is 0 Å². The van der Waals surface area contributed by atoms with E-state index in [2.05, 4.69) is 19.2 Å². The monoisotopic (exact) mass is 249 g/mol. The molecule has 0 unspecified atom stereocenters. The second kappa shape index (κ2) is 6.60. The van der Waals surface area contributed by atoms with Crippen molar-refractivity contribution in [1.82, 2.24) is 5.32 Å². The van der Waals surface area contributed by atoms with Crippen LogP contribution in [0, 0.1) is 5.92 Å². The van der Waals surface area contributed by atoms with Crippen molar-refractivity contribution in [2.24, 2.45) is 5.92 Å². The van der Waals surface area contributed by atoms with Crippen molar-refractivity contribution < 1.29 is 8.42 Å². The minimum atomic E-state index is -2.93. The molecule has 16 heavy (non-hydrogen) atoms. The van der Waals surface area contributed by atoms with Crippen LogP contribution in [0.25, 0.3) is 0 Å². The Morgan fingerprint density at radius 2 is 1.69 bits per heavy atom. The van der Waals surface area contributed by atoms with E-state index in [9.17, 15) is 8.42 Å². The van der Waals surface area contributed by atoms with Crippen LogP contribution in [-0.2, 0) is 9.84 Å². The van der Waals surface area contributed by atoms with Gasteiger partial charge in [0.2, 0.25) is 0 Å². The highest BCUT2D eigenvalue weighted by atomic mass is 32.2. The van der Waals surface area contributed by atoms with Crippen LogP contribution in [0.3, 0.4) is 0 Å². The SMILES string of the molecule is CC(C)CNCCCCS(=O)(=O)C(C)(C)C. The third kappa shape index (κ3) is 6.48. The predicted octanol–water partition coefficient (Wildman–Crippen LogP) is 2.23. The third-order valence-corrected chi connectivity index (χ3v) is 5.19. The summed E-state index contributed by atoms with van der Waals surface area (Å²) in [6, 6.07) is 0. The highest BCUT2D eigenvalue weighted by Gasteiger charge is 2.27. The number of hydrogen-bond donors (Lipinski definition) is 1. The van der Waals surface area contributed by atoms with Gasteiger partial charge in [-0.2, -0.15) is 0 Å². The zero-order valence-electron chi connectivity index (χ0n) is 11.3. The maximum absolute atomic E-state index is 11.8. The Bertz CT molecular complexity index is 276. The molecule has 4 heteroatoms. The Labute approximate surface area is 101 Å². The smallest absolute Gasteiger partial charge is 0.155 e. The number of nitrogens with one attached hydrogen (secondary N) is 1. The van der Waals surface area contributed by atoms with Crippen molar-refractivity contribution >= 4 is 9.84 Å². The summed E-state index contributed by atoms with van der Waals surface area (Å²) >= 11 is 0. The largest absolute Gasteiger partial charge is 0.316 e. The molecular formula is C12H27NO2S. The third-order valence-electron chi connectivity index (χ3n) is 2.50. The number of hydrogen-bond acceptors (Lipinski definition) is 3. The van der Waals surface area contributed by atoms with Crippen molar-refractivity contribution in [3.63, 3.8) is 0 Å². The zero-order chi connectivity index (χ0) is 12.8. The minimum absolute atomic E-state index is 0.305. The molecule has 0 radical (unpaired) electrons. The molecule has 0 aliphatic heterocycles. The first-order valence-corrected chi connectivity index (χ1v) is 7.75. The Balaban J connectivity index is 3.68. The first kappa shape index (κ1) is 15.9. The normalized spacial score (nSPS) is 13.4. The Hall–Kier alpha value is -0.0900. The summed E-state index contributed by atoms with van der Waals surface area (Å²) < 4.78 is 22.9. The molecule has 0 spiro atoms. The highest BCUT2D eigenvalue weighted by molar-refractivity contribution is 7.92. The van der Waals surface area contributed by atoms with Crippen LogP contribution in [0.4, 0.5) is 0 Å². The van der Waals surface area contributed by atoms with Gasteiger partial charge in [0, 0.05) is 0 Å². The van der Waals surface area contributed by atoms with Crippen molar-refractivity contribution in [2.45, 2.75) is 52.2 Å². The van der Waals surface area contributed by atoms with E-state index in [0.29, 0.717) is 11.7 Å². The van der Waals surface area contributed by atoms with E-state index in [1.807, 2.05) is 0 Å². The average Bonchev–Trinajstić information content (AvgIpc) is 2.08. The van der Waals surface area contributed by atoms with Gasteiger partial charge in [0.15, 0.2) is 9.84 Å². The van der Waals surface area contributed by atoms with Crippen molar-refractivity contribution in [3.05, 3.63) is 0 Å². The summed E-state index contributed by atoms with van der Waals surface area (Å²) in [5.41, 5.74) is 0. The van der Waals surface area contributed by atoms with E-state index < -0.39 is 14.6 Å². The lowest BCUT2D eigenvalue weighted by molar-refractivity contribution is 0.533. The van der Waals surface area contributed by atoms with Crippen molar-refractivity contribution in [2.75, 3.05) is 18.8 Å². The molecular weight excluding hydrogens is 222 g/mol. The number of unbranched alkanes of at least 4 members (excludes halogenated alkanes) is 1. The maximum Gasteiger partial charge on any atom is 0.155 e. The number of sulfone groups is 1. The Morgan fingerprint density at radius 1 is 1.12 bits per heavy atom. The fraction of sp³-hybridized carbons (Fsp3) is 1.00. The molecule has 0 bridgehead atoms. The molecule has 1 N–H and O–H groups in total. The molecule has 0 fully saturated rings. The highest BCUT2D eigenvalue weighted by Crippen LogP contribution is 2.17. The fourth-order valence-corrected chi connectivity index (χ4v) is 2.44. The molecule has 0 saturated heterocycles. The molecule has 0 saturated carbocycles. The summed E-state index contributed by atoms with van der Waals surface area (Å²) in [7, 11) is -2.93. The molecule has 0 aliphatic carbocycles. The molecule has 0 atom stereocenters. The Kier molecular flexibility index (Phi) is 6.56. The van der Waals surface area contributed by atoms with Gasteiger partial charge >= 0.3 is 0 Å². The standard InChI is InChI=1S/C12H27NO2S/c1-11(2)10-13-8-6-7-9-16(14,15)12(3,4)5/h11,13H,6-10H2,1-5H3. The van der Waals surface area contributed by atoms with Crippen molar-refractivity contribution in [1.29, 1.82) is 0 Å². The minimum Gasteiger partial charge on any atom is -0.316 e. The molecule has 0 heterocycles. The van der Waals surface area contributed by atoms with Gasteiger partial charge in [-0.05, 0) is 52.6 Å². The molecule has 0 aromatic carbocycles. The fourth-order valence-electron chi connectivity index (χ4n) is 1.24. The molecule has 0 amide bonds. The number of rotatable bonds is 7. The molecule has 98 valence electrons. The van der Waals surface area contributed by atoms with Gasteiger partial charge < -0.3 is 5.32 Å². The lowest BCUT2D eigenvalue weighted by Crippen LogP contribution is -2.30. The van der Waals surface area contributed by atoms with Gasteiger partial charge in [-0.3, -0.25) is 0 Å². The summed E-state index contributed by atoms with van der Waals surface area (Å²) in [6.45, 7) is 11.5. The summed E-state index contributed by atoms with van der Waals surface area (Å²) in [5, 5.41) is 3.31. The van der Waals surface area contributed by atoms with Crippen LogP contribution in [0.2, 0.25) is 0 Å². The second-order valence-electron chi connectivity index (χ2n) is 5.74. The van der Waals surface area contributed by atoms with Gasteiger partial charge in [-0.15, -0.1) is 0 Å². The van der Waals surface area contributed by atoms with E-state index in [-0.39, 0.29) is 0 Å². The van der Waals surface area contributed by atoms with Gasteiger partial charge in [0.1, 0.15) is 0 Å². The molecule has 3 nitrogen and oxygen atoms in total. The quantitative estimate of drug-likeness (QED) is 0.704.